The van der Waals surface area contributed by atoms with Crippen LogP contribution in [0.5, 0.6) is 0 Å². The van der Waals surface area contributed by atoms with Gasteiger partial charge >= 0.3 is 5.97 Å². The van der Waals surface area contributed by atoms with Crippen molar-refractivity contribution < 1.29 is 23.4 Å². The lowest BCUT2D eigenvalue weighted by Gasteiger charge is -2.27. The van der Waals surface area contributed by atoms with Gasteiger partial charge in [0.25, 0.3) is 0 Å². The van der Waals surface area contributed by atoms with E-state index in [1.165, 1.54) is 0 Å². The molecule has 88 valence electrons. The lowest BCUT2D eigenvalue weighted by Crippen LogP contribution is -2.46. The Bertz CT molecular complexity index is 326. The van der Waals surface area contributed by atoms with E-state index in [2.05, 4.69) is 4.72 Å². The molecule has 1 fully saturated rings. The fourth-order valence-electron chi connectivity index (χ4n) is 1.68. The van der Waals surface area contributed by atoms with E-state index < -0.39 is 33.9 Å². The van der Waals surface area contributed by atoms with Gasteiger partial charge in [-0.15, -0.1) is 0 Å². The van der Waals surface area contributed by atoms with Crippen molar-refractivity contribution in [2.24, 2.45) is 0 Å². The number of nitrogens with one attached hydrogen (secondary N) is 1. The Kier molecular flexibility index (Phi) is 4.06. The zero-order valence-corrected chi connectivity index (χ0v) is 9.03. The highest BCUT2D eigenvalue weighted by atomic mass is 32.2. The van der Waals surface area contributed by atoms with E-state index >= 15 is 0 Å². The number of carboxylic acids is 1. The minimum atomic E-state index is -3.82. The number of carboxylic acid groups (broad SMARTS) is 1. The first-order valence-electron chi connectivity index (χ1n) is 4.80. The Hall–Kier alpha value is -0.660. The first-order valence-corrected chi connectivity index (χ1v) is 6.46. The number of aliphatic hydroxyl groups is 1. The molecule has 1 aliphatic carbocycles. The van der Waals surface area contributed by atoms with Crippen molar-refractivity contribution in [1.82, 2.24) is 4.72 Å². The van der Waals surface area contributed by atoms with E-state index in [1.807, 2.05) is 0 Å². The van der Waals surface area contributed by atoms with E-state index in [4.69, 9.17) is 5.11 Å². The highest BCUT2D eigenvalue weighted by Gasteiger charge is 2.28. The van der Waals surface area contributed by atoms with Crippen LogP contribution in [0.1, 0.15) is 25.7 Å². The minimum Gasteiger partial charge on any atom is -0.480 e. The maximum Gasteiger partial charge on any atom is 0.320 e. The maximum absolute atomic E-state index is 11.3. The molecule has 2 unspecified atom stereocenters. The highest BCUT2D eigenvalue weighted by Crippen LogP contribution is 2.18. The van der Waals surface area contributed by atoms with Crippen LogP contribution in [0.15, 0.2) is 0 Å². The van der Waals surface area contributed by atoms with Gasteiger partial charge in [-0.25, -0.2) is 13.1 Å². The lowest BCUT2D eigenvalue weighted by atomic mass is 9.93. The molecule has 1 saturated carbocycles. The fraction of sp³-hybridized carbons (Fsp3) is 0.875. The van der Waals surface area contributed by atoms with Gasteiger partial charge in [-0.1, -0.05) is 12.8 Å². The predicted molar refractivity (Wildman–Crippen MR) is 52.8 cm³/mol. The van der Waals surface area contributed by atoms with Crippen molar-refractivity contribution in [3.05, 3.63) is 0 Å². The summed E-state index contributed by atoms with van der Waals surface area (Å²) in [6.45, 7) is 0. The molecule has 0 amide bonds. The van der Waals surface area contributed by atoms with Crippen molar-refractivity contribution in [3.63, 3.8) is 0 Å². The number of hydrogen-bond acceptors (Lipinski definition) is 4. The molecule has 0 aliphatic heterocycles. The van der Waals surface area contributed by atoms with Crippen molar-refractivity contribution in [1.29, 1.82) is 0 Å². The fourth-order valence-corrected chi connectivity index (χ4v) is 2.83. The molecule has 0 bridgehead atoms. The summed E-state index contributed by atoms with van der Waals surface area (Å²) >= 11 is 0. The molecular weight excluding hydrogens is 222 g/mol. The zero-order valence-electron chi connectivity index (χ0n) is 8.22. The van der Waals surface area contributed by atoms with Crippen molar-refractivity contribution in [2.45, 2.75) is 37.8 Å². The Morgan fingerprint density at radius 2 is 1.93 bits per heavy atom. The first-order chi connectivity index (χ1) is 6.91. The molecule has 1 rings (SSSR count). The summed E-state index contributed by atoms with van der Waals surface area (Å²) in [5.74, 6) is -2.34. The van der Waals surface area contributed by atoms with E-state index in [1.54, 1.807) is 0 Å². The Balaban J connectivity index is 2.55. The minimum absolute atomic E-state index is 0.539. The number of hydrogen-bond donors (Lipinski definition) is 3. The van der Waals surface area contributed by atoms with Crippen LogP contribution in [-0.4, -0.2) is 42.5 Å². The summed E-state index contributed by atoms with van der Waals surface area (Å²) in [5, 5.41) is 17.9. The molecule has 0 heterocycles. The summed E-state index contributed by atoms with van der Waals surface area (Å²) in [6, 6.07) is -0.539. The normalized spacial score (nSPS) is 27.5. The van der Waals surface area contributed by atoms with Gasteiger partial charge in [0.1, 0.15) is 0 Å². The van der Waals surface area contributed by atoms with Crippen LogP contribution in [0.25, 0.3) is 0 Å². The summed E-state index contributed by atoms with van der Waals surface area (Å²) < 4.78 is 24.7. The standard InChI is InChI=1S/C8H15NO5S/c10-7-4-2-1-3-6(7)9-15(13,14)5-8(11)12/h6-7,9-10H,1-5H2,(H,11,12). The first kappa shape index (κ1) is 12.4. The number of sulfonamides is 1. The summed E-state index contributed by atoms with van der Waals surface area (Å²) in [6.07, 6.45) is 2.12. The topological polar surface area (TPSA) is 104 Å². The van der Waals surface area contributed by atoms with Gasteiger partial charge in [0.15, 0.2) is 5.75 Å². The molecule has 2 atom stereocenters. The molecule has 7 heteroatoms. The van der Waals surface area contributed by atoms with E-state index in [0.717, 1.165) is 12.8 Å². The molecule has 0 aromatic carbocycles. The van der Waals surface area contributed by atoms with Gasteiger partial charge in [0, 0.05) is 6.04 Å². The number of aliphatic carboxylic acids is 1. The molecule has 0 spiro atoms. The summed E-state index contributed by atoms with van der Waals surface area (Å²) in [4.78, 5) is 10.3. The molecule has 15 heavy (non-hydrogen) atoms. The smallest absolute Gasteiger partial charge is 0.320 e. The second-order valence-electron chi connectivity index (χ2n) is 3.73. The largest absolute Gasteiger partial charge is 0.480 e. The van der Waals surface area contributed by atoms with Gasteiger partial charge in [-0.05, 0) is 12.8 Å². The van der Waals surface area contributed by atoms with Gasteiger partial charge in [0.2, 0.25) is 10.0 Å². The van der Waals surface area contributed by atoms with Crippen LogP contribution in [0.2, 0.25) is 0 Å². The van der Waals surface area contributed by atoms with Gasteiger partial charge < -0.3 is 10.2 Å². The van der Waals surface area contributed by atoms with Crippen LogP contribution >= 0.6 is 0 Å². The molecule has 6 nitrogen and oxygen atoms in total. The van der Waals surface area contributed by atoms with Crippen LogP contribution < -0.4 is 4.72 Å². The molecular formula is C8H15NO5S. The lowest BCUT2D eigenvalue weighted by molar-refractivity contribution is -0.134. The molecule has 0 radical (unpaired) electrons. The number of aliphatic hydroxyl groups excluding tert-OH is 1. The third kappa shape index (κ3) is 4.15. The molecule has 0 aromatic heterocycles. The third-order valence-corrected chi connectivity index (χ3v) is 3.66. The SMILES string of the molecule is O=C(O)CS(=O)(=O)NC1CCCCC1O. The average Bonchev–Trinajstić information content (AvgIpc) is 2.06. The van der Waals surface area contributed by atoms with Crippen LogP contribution in [0, 0.1) is 0 Å². The summed E-state index contributed by atoms with van der Waals surface area (Å²) in [7, 11) is -3.82. The predicted octanol–water partition coefficient (Wildman–Crippen LogP) is -0.706. The van der Waals surface area contributed by atoms with E-state index in [9.17, 15) is 18.3 Å². The average molecular weight is 237 g/mol. The van der Waals surface area contributed by atoms with Crippen LogP contribution in [0.3, 0.4) is 0 Å². The van der Waals surface area contributed by atoms with Crippen molar-refractivity contribution >= 4 is 16.0 Å². The van der Waals surface area contributed by atoms with Gasteiger partial charge in [-0.3, -0.25) is 4.79 Å². The number of carbonyl (C=O) groups is 1. The third-order valence-electron chi connectivity index (χ3n) is 2.37. The van der Waals surface area contributed by atoms with Crippen LogP contribution in [0.4, 0.5) is 0 Å². The monoisotopic (exact) mass is 237 g/mol. The van der Waals surface area contributed by atoms with Crippen molar-refractivity contribution in [2.75, 3.05) is 5.75 Å². The van der Waals surface area contributed by atoms with Gasteiger partial charge in [-0.2, -0.15) is 0 Å². The second kappa shape index (κ2) is 4.91. The second-order valence-corrected chi connectivity index (χ2v) is 5.48. The quantitative estimate of drug-likeness (QED) is 0.599. The molecule has 0 aromatic rings. The molecule has 1 aliphatic rings. The number of rotatable bonds is 4. The molecule has 3 N–H and O–H groups in total. The Morgan fingerprint density at radius 1 is 1.33 bits per heavy atom. The zero-order chi connectivity index (χ0) is 11.5. The maximum atomic E-state index is 11.3. The van der Waals surface area contributed by atoms with E-state index in [-0.39, 0.29) is 0 Å². The Labute approximate surface area is 88.3 Å². The Morgan fingerprint density at radius 3 is 2.47 bits per heavy atom. The van der Waals surface area contributed by atoms with Gasteiger partial charge in [0.05, 0.1) is 6.10 Å². The van der Waals surface area contributed by atoms with Crippen molar-refractivity contribution in [3.8, 4) is 0 Å². The molecule has 0 saturated heterocycles. The van der Waals surface area contributed by atoms with E-state index in [0.29, 0.717) is 12.8 Å². The van der Waals surface area contributed by atoms with Crippen LogP contribution in [-0.2, 0) is 14.8 Å². The highest BCUT2D eigenvalue weighted by molar-refractivity contribution is 7.90. The summed E-state index contributed by atoms with van der Waals surface area (Å²) in [5.41, 5.74) is 0.